The molecule has 0 spiro atoms. The van der Waals surface area contributed by atoms with Crippen LogP contribution in [-0.2, 0) is 6.54 Å². The van der Waals surface area contributed by atoms with Gasteiger partial charge in [0.05, 0.1) is 6.54 Å². The summed E-state index contributed by atoms with van der Waals surface area (Å²) in [5.41, 5.74) is 0.563. The minimum Gasteiger partial charge on any atom is -0.310 e. The topological polar surface area (TPSA) is 33.1 Å². The monoisotopic (exact) mass is 278 g/mol. The van der Waals surface area contributed by atoms with E-state index in [1.807, 2.05) is 23.1 Å². The fraction of sp³-hybridized carbons (Fsp3) is 0.812. The van der Waals surface area contributed by atoms with Gasteiger partial charge in [-0.25, -0.2) is 0 Å². The second kappa shape index (κ2) is 5.86. The average Bonchev–Trinajstić information content (AvgIpc) is 2.89. The molecular formula is C16H30N4. The number of hydrogen-bond acceptors (Lipinski definition) is 3. The first kappa shape index (κ1) is 15.5. The van der Waals surface area contributed by atoms with Gasteiger partial charge in [0.2, 0.25) is 0 Å². The lowest BCUT2D eigenvalue weighted by molar-refractivity contribution is 0.0191. The second-order valence-electron chi connectivity index (χ2n) is 7.37. The highest BCUT2D eigenvalue weighted by Gasteiger charge is 2.39. The fourth-order valence-corrected chi connectivity index (χ4v) is 2.91. The summed E-state index contributed by atoms with van der Waals surface area (Å²) in [6.45, 7) is 15.9. The number of nitrogens with zero attached hydrogens (tertiary/aromatic N) is 3. The Hall–Kier alpha value is -0.870. The van der Waals surface area contributed by atoms with Crippen molar-refractivity contribution in [1.82, 2.24) is 20.0 Å². The van der Waals surface area contributed by atoms with Crippen molar-refractivity contribution in [1.29, 1.82) is 0 Å². The van der Waals surface area contributed by atoms with Gasteiger partial charge in [0.25, 0.3) is 0 Å². The van der Waals surface area contributed by atoms with Crippen LogP contribution in [0.4, 0.5) is 0 Å². The summed E-state index contributed by atoms with van der Waals surface area (Å²) in [7, 11) is 0. The Morgan fingerprint density at radius 2 is 2.10 bits per heavy atom. The molecule has 0 bridgehead atoms. The van der Waals surface area contributed by atoms with Gasteiger partial charge >= 0.3 is 0 Å². The van der Waals surface area contributed by atoms with E-state index in [0.717, 1.165) is 26.2 Å². The van der Waals surface area contributed by atoms with Crippen LogP contribution < -0.4 is 5.32 Å². The summed E-state index contributed by atoms with van der Waals surface area (Å²) >= 11 is 0. The van der Waals surface area contributed by atoms with Gasteiger partial charge in [-0.15, -0.1) is 0 Å². The molecule has 1 aromatic heterocycles. The van der Waals surface area contributed by atoms with E-state index in [1.165, 1.54) is 6.42 Å². The maximum Gasteiger partial charge on any atom is 0.0536 e. The fourth-order valence-electron chi connectivity index (χ4n) is 2.91. The van der Waals surface area contributed by atoms with Crippen LogP contribution in [0.15, 0.2) is 18.5 Å². The zero-order chi connectivity index (χ0) is 14.8. The first-order chi connectivity index (χ1) is 9.35. The van der Waals surface area contributed by atoms with E-state index in [1.54, 1.807) is 0 Å². The van der Waals surface area contributed by atoms with Crippen molar-refractivity contribution >= 4 is 0 Å². The molecule has 1 aromatic rings. The van der Waals surface area contributed by atoms with Gasteiger partial charge < -0.3 is 5.32 Å². The van der Waals surface area contributed by atoms with Crippen LogP contribution in [0.25, 0.3) is 0 Å². The highest BCUT2D eigenvalue weighted by Crippen LogP contribution is 2.29. The highest BCUT2D eigenvalue weighted by molar-refractivity contribution is 4.98. The molecule has 2 unspecified atom stereocenters. The van der Waals surface area contributed by atoms with Gasteiger partial charge in [-0.3, -0.25) is 9.58 Å². The Morgan fingerprint density at radius 3 is 2.65 bits per heavy atom. The Morgan fingerprint density at radius 1 is 1.35 bits per heavy atom. The van der Waals surface area contributed by atoms with Crippen LogP contribution in [0.3, 0.4) is 0 Å². The number of hydrogen-bond donors (Lipinski definition) is 1. The normalized spacial score (nSPS) is 28.8. The molecule has 0 aromatic carbocycles. The van der Waals surface area contributed by atoms with E-state index < -0.39 is 0 Å². The third-order valence-corrected chi connectivity index (χ3v) is 4.86. The molecule has 1 saturated heterocycles. The number of nitrogens with one attached hydrogen (secondary N) is 1. The molecule has 2 rings (SSSR count). The minimum absolute atomic E-state index is 0.259. The number of piperazine rings is 1. The van der Waals surface area contributed by atoms with Crippen LogP contribution in [0.2, 0.25) is 0 Å². The summed E-state index contributed by atoms with van der Waals surface area (Å²) in [4.78, 5) is 2.65. The van der Waals surface area contributed by atoms with E-state index >= 15 is 0 Å². The van der Waals surface area contributed by atoms with Gasteiger partial charge in [-0.1, -0.05) is 27.7 Å². The molecule has 114 valence electrons. The Kier molecular flexibility index (Phi) is 4.55. The van der Waals surface area contributed by atoms with E-state index in [-0.39, 0.29) is 5.54 Å². The molecule has 1 N–H and O–H groups in total. The standard InChI is InChI=1S/C16H30N4/c1-6-16(5)13-17-14(15(2,3)4)12-19(16)10-11-20-9-7-8-18-20/h7-9,14,17H,6,10-13H2,1-5H3. The average molecular weight is 278 g/mol. The van der Waals surface area contributed by atoms with Crippen LogP contribution in [0.5, 0.6) is 0 Å². The van der Waals surface area contributed by atoms with Crippen molar-refractivity contribution in [2.75, 3.05) is 19.6 Å². The van der Waals surface area contributed by atoms with Crippen molar-refractivity contribution in [3.05, 3.63) is 18.5 Å². The lowest BCUT2D eigenvalue weighted by Crippen LogP contribution is -2.66. The third-order valence-electron chi connectivity index (χ3n) is 4.86. The molecule has 1 fully saturated rings. The summed E-state index contributed by atoms with van der Waals surface area (Å²) < 4.78 is 2.03. The molecule has 1 aliphatic rings. The first-order valence-electron chi connectivity index (χ1n) is 7.81. The SMILES string of the molecule is CCC1(C)CNC(C(C)(C)C)CN1CCn1cccn1. The first-order valence-corrected chi connectivity index (χ1v) is 7.81. The molecule has 0 aliphatic carbocycles. The molecule has 2 atom stereocenters. The van der Waals surface area contributed by atoms with Gasteiger partial charge in [0.1, 0.15) is 0 Å². The van der Waals surface area contributed by atoms with E-state index in [9.17, 15) is 0 Å². The zero-order valence-corrected chi connectivity index (χ0v) is 13.7. The Labute approximate surface area is 123 Å². The molecular weight excluding hydrogens is 248 g/mol. The molecule has 2 heterocycles. The molecule has 1 aliphatic heterocycles. The van der Waals surface area contributed by atoms with E-state index in [4.69, 9.17) is 0 Å². The zero-order valence-electron chi connectivity index (χ0n) is 13.7. The maximum absolute atomic E-state index is 4.32. The van der Waals surface area contributed by atoms with Gasteiger partial charge in [-0.2, -0.15) is 5.10 Å². The lowest BCUT2D eigenvalue weighted by atomic mass is 9.81. The second-order valence-corrected chi connectivity index (χ2v) is 7.37. The number of rotatable bonds is 4. The lowest BCUT2D eigenvalue weighted by Gasteiger charge is -2.51. The van der Waals surface area contributed by atoms with Crippen LogP contribution >= 0.6 is 0 Å². The van der Waals surface area contributed by atoms with Crippen LogP contribution in [0, 0.1) is 5.41 Å². The maximum atomic E-state index is 4.32. The largest absolute Gasteiger partial charge is 0.310 e. The van der Waals surface area contributed by atoms with Crippen molar-refractivity contribution in [3.63, 3.8) is 0 Å². The quantitative estimate of drug-likeness (QED) is 0.918. The number of aromatic nitrogens is 2. The summed E-state index contributed by atoms with van der Waals surface area (Å²) in [6.07, 6.45) is 5.08. The highest BCUT2D eigenvalue weighted by atomic mass is 15.3. The van der Waals surface area contributed by atoms with Crippen LogP contribution in [-0.4, -0.2) is 45.9 Å². The smallest absolute Gasteiger partial charge is 0.0536 e. The summed E-state index contributed by atoms with van der Waals surface area (Å²) in [5.74, 6) is 0. The molecule has 0 radical (unpaired) electrons. The van der Waals surface area contributed by atoms with Crippen molar-refractivity contribution < 1.29 is 0 Å². The predicted molar refractivity (Wildman–Crippen MR) is 83.7 cm³/mol. The summed E-state index contributed by atoms with van der Waals surface area (Å²) in [5, 5.41) is 8.08. The Bertz CT molecular complexity index is 407. The van der Waals surface area contributed by atoms with Crippen molar-refractivity contribution in [2.45, 2.75) is 59.2 Å². The van der Waals surface area contributed by atoms with Crippen molar-refractivity contribution in [3.8, 4) is 0 Å². The van der Waals surface area contributed by atoms with Crippen molar-refractivity contribution in [2.24, 2.45) is 5.41 Å². The Balaban J connectivity index is 2.03. The molecule has 4 heteroatoms. The molecule has 0 amide bonds. The minimum atomic E-state index is 0.259. The van der Waals surface area contributed by atoms with Gasteiger partial charge in [-0.05, 0) is 24.8 Å². The predicted octanol–water partition coefficient (Wildman–Crippen LogP) is 2.37. The molecule has 4 nitrogen and oxygen atoms in total. The van der Waals surface area contributed by atoms with E-state index in [0.29, 0.717) is 11.5 Å². The summed E-state index contributed by atoms with van der Waals surface area (Å²) in [6, 6.07) is 2.55. The molecule has 0 saturated carbocycles. The third kappa shape index (κ3) is 3.41. The van der Waals surface area contributed by atoms with E-state index in [2.05, 4.69) is 49.9 Å². The van der Waals surface area contributed by atoms with Gasteiger partial charge in [0.15, 0.2) is 0 Å². The van der Waals surface area contributed by atoms with Crippen LogP contribution in [0.1, 0.15) is 41.0 Å². The molecule has 20 heavy (non-hydrogen) atoms. The van der Waals surface area contributed by atoms with Gasteiger partial charge in [0, 0.05) is 43.6 Å².